The predicted molar refractivity (Wildman–Crippen MR) is 90.2 cm³/mol. The van der Waals surface area contributed by atoms with E-state index < -0.39 is 16.9 Å². The number of para-hydroxylation sites is 2. The molecule has 0 saturated heterocycles. The van der Waals surface area contributed by atoms with Crippen molar-refractivity contribution in [3.05, 3.63) is 58.1 Å². The molecule has 2 aromatic rings. The average molecular weight is 344 g/mol. The van der Waals surface area contributed by atoms with Crippen LogP contribution in [-0.4, -0.2) is 30.3 Å². The number of carbonyl (C=O) groups is 2. The van der Waals surface area contributed by atoms with Gasteiger partial charge in [-0.1, -0.05) is 12.1 Å². The first kappa shape index (κ1) is 17.9. The number of nitrogens with one attached hydrogen (secondary N) is 1. The van der Waals surface area contributed by atoms with Gasteiger partial charge in [0.25, 0.3) is 5.91 Å². The first-order valence-corrected chi connectivity index (χ1v) is 7.30. The second kappa shape index (κ2) is 7.91. The third-order valence-electron chi connectivity index (χ3n) is 3.35. The zero-order valence-corrected chi connectivity index (χ0v) is 13.6. The second-order valence-corrected chi connectivity index (χ2v) is 5.05. The molecule has 0 saturated carbocycles. The molecule has 0 unspecified atom stereocenters. The first-order valence-electron chi connectivity index (χ1n) is 7.30. The lowest BCUT2D eigenvalue weighted by Gasteiger charge is -2.16. The Morgan fingerprint density at radius 1 is 1.24 bits per heavy atom. The van der Waals surface area contributed by atoms with Gasteiger partial charge in [-0.3, -0.25) is 19.7 Å². The van der Waals surface area contributed by atoms with Crippen molar-refractivity contribution in [1.29, 1.82) is 0 Å². The summed E-state index contributed by atoms with van der Waals surface area (Å²) in [5.74, 6) is -0.124. The van der Waals surface area contributed by atoms with E-state index in [0.29, 0.717) is 17.7 Å². The van der Waals surface area contributed by atoms with Crippen molar-refractivity contribution in [1.82, 2.24) is 0 Å². The minimum absolute atomic E-state index is 0.0988. The summed E-state index contributed by atoms with van der Waals surface area (Å²) in [6.45, 7) is 1.46. The van der Waals surface area contributed by atoms with Gasteiger partial charge in [-0.05, 0) is 31.2 Å². The number of nitro groups is 1. The highest BCUT2D eigenvalue weighted by Crippen LogP contribution is 2.29. The Bertz CT molecular complexity index is 805. The minimum Gasteiger partial charge on any atom is -0.495 e. The fraction of sp³-hybridized carbons (Fsp3) is 0.176. The van der Waals surface area contributed by atoms with Crippen LogP contribution in [0.25, 0.3) is 0 Å². The number of methoxy groups -OCH3 is 1. The molecule has 2 aromatic carbocycles. The molecule has 2 rings (SSSR count). The van der Waals surface area contributed by atoms with Gasteiger partial charge in [-0.15, -0.1) is 0 Å². The molecular weight excluding hydrogens is 328 g/mol. The van der Waals surface area contributed by atoms with E-state index in [1.165, 1.54) is 26.2 Å². The molecule has 0 heterocycles. The highest BCUT2D eigenvalue weighted by Gasteiger charge is 2.22. The van der Waals surface area contributed by atoms with Crippen molar-refractivity contribution < 1.29 is 24.0 Å². The van der Waals surface area contributed by atoms with Crippen LogP contribution in [0.5, 0.6) is 11.5 Å². The van der Waals surface area contributed by atoms with Crippen LogP contribution in [0.1, 0.15) is 17.3 Å². The van der Waals surface area contributed by atoms with Crippen LogP contribution in [0.3, 0.4) is 0 Å². The maximum Gasteiger partial charge on any atom is 0.311 e. The zero-order chi connectivity index (χ0) is 18.4. The zero-order valence-electron chi connectivity index (χ0n) is 13.6. The minimum atomic E-state index is -1.01. The van der Waals surface area contributed by atoms with Crippen molar-refractivity contribution in [3.63, 3.8) is 0 Å². The highest BCUT2D eigenvalue weighted by molar-refractivity contribution is 5.95. The van der Waals surface area contributed by atoms with E-state index in [0.717, 1.165) is 6.07 Å². The summed E-state index contributed by atoms with van der Waals surface area (Å²) in [6.07, 6.45) is -0.514. The van der Waals surface area contributed by atoms with E-state index in [1.807, 2.05) is 0 Å². The Balaban J connectivity index is 2.16. The van der Waals surface area contributed by atoms with Crippen LogP contribution < -0.4 is 14.8 Å². The molecule has 0 aliphatic heterocycles. The fourth-order valence-electron chi connectivity index (χ4n) is 2.08. The van der Waals surface area contributed by atoms with Crippen LogP contribution in [0.4, 0.5) is 11.4 Å². The van der Waals surface area contributed by atoms with Gasteiger partial charge in [0.1, 0.15) is 12.0 Å². The van der Waals surface area contributed by atoms with Gasteiger partial charge in [0.05, 0.1) is 17.7 Å². The molecule has 0 spiro atoms. The molecule has 0 aromatic heterocycles. The van der Waals surface area contributed by atoms with Gasteiger partial charge in [-0.2, -0.15) is 0 Å². The number of nitro benzene ring substituents is 1. The maximum absolute atomic E-state index is 12.3. The molecule has 8 nitrogen and oxygen atoms in total. The van der Waals surface area contributed by atoms with Gasteiger partial charge in [0.15, 0.2) is 11.9 Å². The molecule has 25 heavy (non-hydrogen) atoms. The highest BCUT2D eigenvalue weighted by atomic mass is 16.6. The molecule has 130 valence electrons. The smallest absolute Gasteiger partial charge is 0.311 e. The molecule has 0 bridgehead atoms. The third kappa shape index (κ3) is 4.31. The van der Waals surface area contributed by atoms with Gasteiger partial charge < -0.3 is 14.8 Å². The fourth-order valence-corrected chi connectivity index (χ4v) is 2.08. The lowest BCUT2D eigenvalue weighted by Crippen LogP contribution is -2.30. The summed E-state index contributed by atoms with van der Waals surface area (Å²) in [5, 5.41) is 13.7. The van der Waals surface area contributed by atoms with Crippen LogP contribution in [0, 0.1) is 10.1 Å². The Labute approximate surface area is 143 Å². The summed E-state index contributed by atoms with van der Waals surface area (Å²) < 4.78 is 10.5. The second-order valence-electron chi connectivity index (χ2n) is 5.05. The van der Waals surface area contributed by atoms with E-state index in [2.05, 4.69) is 5.32 Å². The van der Waals surface area contributed by atoms with Crippen molar-refractivity contribution in [3.8, 4) is 11.5 Å². The molecular formula is C17H16N2O6. The molecule has 0 aliphatic rings. The number of hydrogen-bond acceptors (Lipinski definition) is 6. The normalized spacial score (nSPS) is 11.3. The van der Waals surface area contributed by atoms with E-state index in [1.54, 1.807) is 24.3 Å². The Morgan fingerprint density at radius 2 is 1.96 bits per heavy atom. The van der Waals surface area contributed by atoms with Gasteiger partial charge >= 0.3 is 5.69 Å². The molecule has 8 heteroatoms. The van der Waals surface area contributed by atoms with Crippen LogP contribution >= 0.6 is 0 Å². The number of benzene rings is 2. The molecule has 0 fully saturated rings. The van der Waals surface area contributed by atoms with Gasteiger partial charge in [0, 0.05) is 11.6 Å². The SMILES string of the molecule is COc1ccccc1NC(=O)[C@H](C)Oc1ccc(C=O)cc1[N+](=O)[O-]. The van der Waals surface area contributed by atoms with Crippen molar-refractivity contribution in [2.45, 2.75) is 13.0 Å². The Kier molecular flexibility index (Phi) is 5.67. The number of aldehydes is 1. The summed E-state index contributed by atoms with van der Waals surface area (Å²) >= 11 is 0. The molecule has 1 N–H and O–H groups in total. The van der Waals surface area contributed by atoms with E-state index in [9.17, 15) is 19.7 Å². The molecule has 1 atom stereocenters. The number of carbonyl (C=O) groups excluding carboxylic acids is 2. The van der Waals surface area contributed by atoms with Crippen molar-refractivity contribution in [2.24, 2.45) is 0 Å². The maximum atomic E-state index is 12.3. The summed E-state index contributed by atoms with van der Waals surface area (Å²) in [5.41, 5.74) is 0.211. The largest absolute Gasteiger partial charge is 0.495 e. The summed E-state index contributed by atoms with van der Waals surface area (Å²) in [7, 11) is 1.48. The Hall–Kier alpha value is -3.42. The quantitative estimate of drug-likeness (QED) is 0.470. The number of anilines is 1. The topological polar surface area (TPSA) is 108 Å². The summed E-state index contributed by atoms with van der Waals surface area (Å²) in [4.78, 5) is 33.5. The lowest BCUT2D eigenvalue weighted by molar-refractivity contribution is -0.386. The van der Waals surface area contributed by atoms with Crippen LogP contribution in [-0.2, 0) is 4.79 Å². The average Bonchev–Trinajstić information content (AvgIpc) is 2.62. The van der Waals surface area contributed by atoms with E-state index >= 15 is 0 Å². The standard InChI is InChI=1S/C17H16N2O6/c1-11(17(21)18-13-5-3-4-6-15(13)24-2)25-16-8-7-12(10-20)9-14(16)19(22)23/h3-11H,1-2H3,(H,18,21)/t11-/m0/s1. The first-order chi connectivity index (χ1) is 12.0. The van der Waals surface area contributed by atoms with Gasteiger partial charge in [0.2, 0.25) is 0 Å². The molecule has 1 amide bonds. The van der Waals surface area contributed by atoms with Crippen molar-refractivity contribution in [2.75, 3.05) is 12.4 Å². The molecule has 0 aliphatic carbocycles. The van der Waals surface area contributed by atoms with Gasteiger partial charge in [-0.25, -0.2) is 0 Å². The van der Waals surface area contributed by atoms with Crippen LogP contribution in [0.15, 0.2) is 42.5 Å². The van der Waals surface area contributed by atoms with E-state index in [-0.39, 0.29) is 17.0 Å². The number of ether oxygens (including phenoxy) is 2. The monoisotopic (exact) mass is 344 g/mol. The van der Waals surface area contributed by atoms with Crippen molar-refractivity contribution >= 4 is 23.6 Å². The number of hydrogen-bond donors (Lipinski definition) is 1. The number of amides is 1. The number of nitrogens with zero attached hydrogens (tertiary/aromatic N) is 1. The van der Waals surface area contributed by atoms with E-state index in [4.69, 9.17) is 9.47 Å². The predicted octanol–water partition coefficient (Wildman–Crippen LogP) is 2.82. The lowest BCUT2D eigenvalue weighted by atomic mass is 10.2. The Morgan fingerprint density at radius 3 is 2.60 bits per heavy atom. The molecule has 0 radical (unpaired) electrons. The number of rotatable bonds is 7. The third-order valence-corrected chi connectivity index (χ3v) is 3.35. The summed E-state index contributed by atoms with van der Waals surface area (Å²) in [6, 6.07) is 10.6. The van der Waals surface area contributed by atoms with Crippen LogP contribution in [0.2, 0.25) is 0 Å².